The van der Waals surface area contributed by atoms with Crippen molar-refractivity contribution in [3.8, 4) is 0 Å². The smallest absolute Gasteiger partial charge is 0.194 e. The lowest BCUT2D eigenvalue weighted by molar-refractivity contribution is -0.176. The van der Waals surface area contributed by atoms with Crippen LogP contribution in [0, 0.1) is 5.41 Å². The molecule has 3 rings (SSSR count). The van der Waals surface area contributed by atoms with Crippen LogP contribution in [0.4, 0.5) is 0 Å². The van der Waals surface area contributed by atoms with Gasteiger partial charge in [-0.25, -0.2) is 0 Å². The first-order valence-corrected chi connectivity index (χ1v) is 9.76. The number of methoxy groups -OCH3 is 1. The van der Waals surface area contributed by atoms with Crippen LogP contribution < -0.4 is 5.32 Å². The van der Waals surface area contributed by atoms with E-state index in [0.29, 0.717) is 6.04 Å². The molecule has 1 saturated carbocycles. The maximum absolute atomic E-state index is 5.77. The fraction of sp³-hybridized carbons (Fsp3) is 0.947. The molecule has 3 fully saturated rings. The van der Waals surface area contributed by atoms with Gasteiger partial charge >= 0.3 is 0 Å². The van der Waals surface area contributed by atoms with Crippen molar-refractivity contribution in [1.82, 2.24) is 15.1 Å². The summed E-state index contributed by atoms with van der Waals surface area (Å²) >= 11 is 0. The van der Waals surface area contributed by atoms with Crippen molar-refractivity contribution in [1.29, 1.82) is 0 Å². The van der Waals surface area contributed by atoms with Crippen LogP contribution in [0.5, 0.6) is 0 Å². The van der Waals surface area contributed by atoms with Crippen LogP contribution in [0.1, 0.15) is 53.4 Å². The molecular weight excluding hydrogens is 427 g/mol. The molecule has 5 nitrogen and oxygen atoms in total. The standard InChI is InChI=1S/C19H36N4O.HI/c1-6-20-17(21-16-13-19(4,24-5)18(16,2)3)23-12-9-15(14-23)22-10-7-8-11-22;/h15-16H,6-14H2,1-5H3,(H,20,21);1H. The molecule has 0 spiro atoms. The van der Waals surface area contributed by atoms with Crippen molar-refractivity contribution in [2.45, 2.75) is 71.1 Å². The summed E-state index contributed by atoms with van der Waals surface area (Å²) in [5, 5.41) is 3.76. The quantitative estimate of drug-likeness (QED) is 0.395. The topological polar surface area (TPSA) is 40.1 Å². The minimum atomic E-state index is -0.0366. The molecule has 3 unspecified atom stereocenters. The summed E-state index contributed by atoms with van der Waals surface area (Å²) in [5.41, 5.74) is 0.0788. The maximum atomic E-state index is 5.77. The van der Waals surface area contributed by atoms with Gasteiger partial charge in [0.1, 0.15) is 0 Å². The van der Waals surface area contributed by atoms with Gasteiger partial charge in [-0.1, -0.05) is 13.8 Å². The molecule has 25 heavy (non-hydrogen) atoms. The molecule has 2 heterocycles. The summed E-state index contributed by atoms with van der Waals surface area (Å²) in [5.74, 6) is 1.11. The van der Waals surface area contributed by atoms with E-state index in [1.54, 1.807) is 0 Å². The van der Waals surface area contributed by atoms with E-state index in [-0.39, 0.29) is 35.0 Å². The Kier molecular flexibility index (Phi) is 7.04. The van der Waals surface area contributed by atoms with Gasteiger partial charge in [0.25, 0.3) is 0 Å². The van der Waals surface area contributed by atoms with Gasteiger partial charge in [0, 0.05) is 44.2 Å². The molecule has 0 bridgehead atoms. The van der Waals surface area contributed by atoms with E-state index >= 15 is 0 Å². The highest BCUT2D eigenvalue weighted by atomic mass is 127. The van der Waals surface area contributed by atoms with E-state index in [0.717, 1.165) is 38.1 Å². The molecule has 0 aromatic carbocycles. The second kappa shape index (κ2) is 8.30. The lowest BCUT2D eigenvalue weighted by Gasteiger charge is -2.59. The summed E-state index contributed by atoms with van der Waals surface area (Å²) in [6.07, 6.45) is 5.06. The number of likely N-dealkylation sites (tertiary alicyclic amines) is 2. The molecular formula is C19H37IN4O. The molecule has 0 amide bonds. The predicted octanol–water partition coefficient (Wildman–Crippen LogP) is 2.94. The number of nitrogens with zero attached hydrogens (tertiary/aromatic N) is 3. The summed E-state index contributed by atoms with van der Waals surface area (Å²) in [4.78, 5) is 9.96. The largest absolute Gasteiger partial charge is 0.378 e. The fourth-order valence-corrected chi connectivity index (χ4v) is 4.60. The van der Waals surface area contributed by atoms with Crippen LogP contribution in [-0.4, -0.2) is 73.3 Å². The number of nitrogens with one attached hydrogen (secondary N) is 1. The fourth-order valence-electron chi connectivity index (χ4n) is 4.60. The highest BCUT2D eigenvalue weighted by Crippen LogP contribution is 2.51. The summed E-state index contributed by atoms with van der Waals surface area (Å²) in [6.45, 7) is 14.6. The van der Waals surface area contributed by atoms with Crippen LogP contribution >= 0.6 is 24.0 Å². The van der Waals surface area contributed by atoms with Crippen molar-refractivity contribution >= 4 is 29.9 Å². The number of aliphatic imine (C=N–C) groups is 1. The Hall–Kier alpha value is -0.0800. The van der Waals surface area contributed by atoms with E-state index < -0.39 is 0 Å². The first-order chi connectivity index (χ1) is 11.4. The molecule has 146 valence electrons. The second-order valence-electron chi connectivity index (χ2n) is 8.49. The molecule has 2 aliphatic heterocycles. The Labute approximate surface area is 171 Å². The Bertz CT molecular complexity index is 478. The molecule has 0 aromatic rings. The first kappa shape index (κ1) is 21.2. The molecule has 0 radical (unpaired) electrons. The van der Waals surface area contributed by atoms with E-state index in [1.165, 1.54) is 32.4 Å². The zero-order valence-electron chi connectivity index (χ0n) is 16.7. The maximum Gasteiger partial charge on any atom is 0.194 e. The third-order valence-corrected chi connectivity index (χ3v) is 7.01. The van der Waals surface area contributed by atoms with Crippen molar-refractivity contribution < 1.29 is 4.74 Å². The van der Waals surface area contributed by atoms with Gasteiger partial charge in [-0.05, 0) is 52.6 Å². The summed E-state index contributed by atoms with van der Waals surface area (Å²) in [6, 6.07) is 1.15. The lowest BCUT2D eigenvalue weighted by Crippen LogP contribution is -2.69. The zero-order chi connectivity index (χ0) is 17.4. The summed E-state index contributed by atoms with van der Waals surface area (Å²) < 4.78 is 5.77. The average Bonchev–Trinajstić information content (AvgIpc) is 3.24. The molecule has 0 aromatic heterocycles. The van der Waals surface area contributed by atoms with Crippen molar-refractivity contribution in [3.05, 3.63) is 0 Å². The Morgan fingerprint density at radius 1 is 1.20 bits per heavy atom. The van der Waals surface area contributed by atoms with Gasteiger partial charge in [0.05, 0.1) is 5.60 Å². The number of guanidine groups is 1. The first-order valence-electron chi connectivity index (χ1n) is 9.76. The monoisotopic (exact) mass is 464 g/mol. The molecule has 6 heteroatoms. The van der Waals surface area contributed by atoms with Crippen LogP contribution in [0.3, 0.4) is 0 Å². The number of rotatable bonds is 4. The molecule has 2 saturated heterocycles. The lowest BCUT2D eigenvalue weighted by atomic mass is 9.56. The Morgan fingerprint density at radius 2 is 1.88 bits per heavy atom. The van der Waals surface area contributed by atoms with Gasteiger partial charge in [0.15, 0.2) is 5.96 Å². The third kappa shape index (κ3) is 3.95. The van der Waals surface area contributed by atoms with Crippen LogP contribution in [0.25, 0.3) is 0 Å². The normalized spacial score (nSPS) is 35.4. The number of ether oxygens (including phenoxy) is 1. The highest BCUT2D eigenvalue weighted by molar-refractivity contribution is 14.0. The molecule has 1 aliphatic carbocycles. The van der Waals surface area contributed by atoms with Gasteiger partial charge in [0.2, 0.25) is 0 Å². The average molecular weight is 464 g/mol. The second-order valence-corrected chi connectivity index (χ2v) is 8.49. The van der Waals surface area contributed by atoms with Crippen LogP contribution in [0.15, 0.2) is 4.99 Å². The van der Waals surface area contributed by atoms with Gasteiger partial charge < -0.3 is 15.0 Å². The zero-order valence-corrected chi connectivity index (χ0v) is 19.0. The van der Waals surface area contributed by atoms with Crippen LogP contribution in [-0.2, 0) is 4.74 Å². The predicted molar refractivity (Wildman–Crippen MR) is 115 cm³/mol. The Balaban J connectivity index is 0.00000225. The number of hydrogen-bond acceptors (Lipinski definition) is 3. The summed E-state index contributed by atoms with van der Waals surface area (Å²) in [7, 11) is 1.83. The van der Waals surface area contributed by atoms with E-state index in [4.69, 9.17) is 9.73 Å². The van der Waals surface area contributed by atoms with Gasteiger partial charge in [-0.15, -0.1) is 24.0 Å². The van der Waals surface area contributed by atoms with Crippen molar-refractivity contribution in [2.24, 2.45) is 10.4 Å². The molecule has 3 atom stereocenters. The van der Waals surface area contributed by atoms with E-state index in [9.17, 15) is 0 Å². The SMILES string of the molecule is CCN=C(NC1CC(C)(OC)C1(C)C)N1CCC(N2CCCC2)C1.I. The molecule has 3 aliphatic rings. The number of halogens is 1. The minimum Gasteiger partial charge on any atom is -0.378 e. The highest BCUT2D eigenvalue weighted by Gasteiger charge is 2.58. The van der Waals surface area contributed by atoms with Crippen molar-refractivity contribution in [2.75, 3.05) is 39.8 Å². The van der Waals surface area contributed by atoms with Crippen LogP contribution in [0.2, 0.25) is 0 Å². The molecule has 1 N–H and O–H groups in total. The van der Waals surface area contributed by atoms with Crippen molar-refractivity contribution in [3.63, 3.8) is 0 Å². The Morgan fingerprint density at radius 3 is 2.44 bits per heavy atom. The third-order valence-electron chi connectivity index (χ3n) is 7.01. The van der Waals surface area contributed by atoms with E-state index in [1.807, 2.05) is 7.11 Å². The van der Waals surface area contributed by atoms with E-state index in [2.05, 4.69) is 42.8 Å². The minimum absolute atomic E-state index is 0. The number of hydrogen-bond donors (Lipinski definition) is 1. The van der Waals surface area contributed by atoms with Gasteiger partial charge in [-0.2, -0.15) is 0 Å². The van der Waals surface area contributed by atoms with Gasteiger partial charge in [-0.3, -0.25) is 9.89 Å².